The number of benzene rings is 1. The van der Waals surface area contributed by atoms with Gasteiger partial charge in [0.05, 0.1) is 30.9 Å². The number of methoxy groups -OCH3 is 1. The molecule has 2 atom stereocenters. The van der Waals surface area contributed by atoms with Crippen molar-refractivity contribution in [1.29, 1.82) is 0 Å². The van der Waals surface area contributed by atoms with E-state index in [9.17, 15) is 14.0 Å². The summed E-state index contributed by atoms with van der Waals surface area (Å²) >= 11 is 0. The van der Waals surface area contributed by atoms with Crippen LogP contribution in [0.1, 0.15) is 19.4 Å². The first-order chi connectivity index (χ1) is 12.4. The number of carbonyl (C=O) groups is 2. The summed E-state index contributed by atoms with van der Waals surface area (Å²) in [6, 6.07) is 5.64. The summed E-state index contributed by atoms with van der Waals surface area (Å²) in [6.07, 6.45) is -0.117. The van der Waals surface area contributed by atoms with Crippen LogP contribution >= 0.6 is 0 Å². The van der Waals surface area contributed by atoms with Crippen LogP contribution < -0.4 is 0 Å². The highest BCUT2D eigenvalue weighted by Gasteiger charge is 2.42. The van der Waals surface area contributed by atoms with Gasteiger partial charge in [-0.15, -0.1) is 0 Å². The maximum Gasteiger partial charge on any atom is 0.277 e. The average molecular weight is 362 g/mol. The number of halogens is 1. The van der Waals surface area contributed by atoms with Crippen LogP contribution in [0, 0.1) is 5.82 Å². The van der Waals surface area contributed by atoms with Gasteiger partial charge in [-0.2, -0.15) is 0 Å². The van der Waals surface area contributed by atoms with Gasteiger partial charge < -0.3 is 14.4 Å². The van der Waals surface area contributed by atoms with Crippen LogP contribution in [0.5, 0.6) is 0 Å². The first-order valence-electron chi connectivity index (χ1n) is 8.68. The molecule has 2 unspecified atom stereocenters. The molecule has 26 heavy (non-hydrogen) atoms. The Morgan fingerprint density at radius 1 is 1.12 bits per heavy atom. The average Bonchev–Trinajstić information content (AvgIpc) is 2.83. The van der Waals surface area contributed by atoms with Crippen molar-refractivity contribution in [2.24, 2.45) is 0 Å². The minimum Gasteiger partial charge on any atom is -0.383 e. The highest BCUT2D eigenvalue weighted by atomic mass is 19.1. The molecule has 2 aliphatic heterocycles. The van der Waals surface area contributed by atoms with Gasteiger partial charge in [-0.1, -0.05) is 12.1 Å². The first kappa shape index (κ1) is 18.5. The SMILES string of the molecule is COCCN1C(=O)C(c2ccc(F)cc2)=C(N2CC(C)OC(C)C2)C1=O. The van der Waals surface area contributed by atoms with Crippen molar-refractivity contribution in [1.82, 2.24) is 9.80 Å². The largest absolute Gasteiger partial charge is 0.383 e. The van der Waals surface area contributed by atoms with Gasteiger partial charge in [0.2, 0.25) is 0 Å². The molecule has 0 bridgehead atoms. The number of hydrogen-bond donors (Lipinski definition) is 0. The highest BCUT2D eigenvalue weighted by molar-refractivity contribution is 6.35. The first-order valence-corrected chi connectivity index (χ1v) is 8.68. The van der Waals surface area contributed by atoms with E-state index in [4.69, 9.17) is 9.47 Å². The van der Waals surface area contributed by atoms with Gasteiger partial charge in [0.25, 0.3) is 11.8 Å². The molecule has 6 nitrogen and oxygen atoms in total. The lowest BCUT2D eigenvalue weighted by Gasteiger charge is -2.37. The van der Waals surface area contributed by atoms with E-state index in [0.717, 1.165) is 0 Å². The Labute approximate surface area is 152 Å². The summed E-state index contributed by atoms with van der Waals surface area (Å²) in [5.74, 6) is -1.11. The molecule has 0 aromatic heterocycles. The Balaban J connectivity index is 2.04. The Morgan fingerprint density at radius 3 is 2.31 bits per heavy atom. The summed E-state index contributed by atoms with van der Waals surface area (Å²) in [5.41, 5.74) is 1.21. The highest BCUT2D eigenvalue weighted by Crippen LogP contribution is 2.33. The van der Waals surface area contributed by atoms with Gasteiger partial charge >= 0.3 is 0 Å². The van der Waals surface area contributed by atoms with Crippen LogP contribution in [0.3, 0.4) is 0 Å². The maximum absolute atomic E-state index is 13.3. The minimum absolute atomic E-state index is 0.0587. The number of imide groups is 1. The number of amides is 2. The van der Waals surface area contributed by atoms with E-state index in [2.05, 4.69) is 0 Å². The van der Waals surface area contributed by atoms with Crippen molar-refractivity contribution in [2.75, 3.05) is 33.4 Å². The molecule has 2 amide bonds. The van der Waals surface area contributed by atoms with Crippen molar-refractivity contribution in [3.05, 3.63) is 41.3 Å². The molecule has 3 rings (SSSR count). The lowest BCUT2D eigenvalue weighted by atomic mass is 10.0. The number of nitrogens with zero attached hydrogens (tertiary/aromatic N) is 2. The van der Waals surface area contributed by atoms with Gasteiger partial charge in [0, 0.05) is 20.2 Å². The molecule has 0 radical (unpaired) electrons. The van der Waals surface area contributed by atoms with E-state index < -0.39 is 5.82 Å². The Kier molecular flexibility index (Phi) is 5.38. The molecule has 1 fully saturated rings. The monoisotopic (exact) mass is 362 g/mol. The Bertz CT molecular complexity index is 722. The summed E-state index contributed by atoms with van der Waals surface area (Å²) < 4.78 is 24.1. The Hall–Kier alpha value is -2.25. The van der Waals surface area contributed by atoms with Gasteiger partial charge in [0.1, 0.15) is 11.5 Å². The molecule has 0 N–H and O–H groups in total. The van der Waals surface area contributed by atoms with E-state index >= 15 is 0 Å². The van der Waals surface area contributed by atoms with Crippen LogP contribution in [0.25, 0.3) is 5.57 Å². The number of hydrogen-bond acceptors (Lipinski definition) is 5. The minimum atomic E-state index is -0.391. The zero-order valence-corrected chi connectivity index (χ0v) is 15.2. The van der Waals surface area contributed by atoms with E-state index in [1.165, 1.54) is 36.3 Å². The molecule has 0 spiro atoms. The fourth-order valence-corrected chi connectivity index (χ4v) is 3.48. The molecular weight excluding hydrogens is 339 g/mol. The second kappa shape index (κ2) is 7.55. The standard InChI is InChI=1S/C19H23FN2O4/c1-12-10-21(11-13(2)26-12)17-16(14-4-6-15(20)7-5-14)18(23)22(19(17)24)8-9-25-3/h4-7,12-13H,8-11H2,1-3H3. The second-order valence-electron chi connectivity index (χ2n) is 6.65. The fraction of sp³-hybridized carbons (Fsp3) is 0.474. The number of carbonyl (C=O) groups excluding carboxylic acids is 2. The summed E-state index contributed by atoms with van der Waals surface area (Å²) in [6.45, 7) is 5.34. The van der Waals surface area contributed by atoms with Gasteiger partial charge in [-0.25, -0.2) is 4.39 Å². The second-order valence-corrected chi connectivity index (χ2v) is 6.65. The fourth-order valence-electron chi connectivity index (χ4n) is 3.48. The molecular formula is C19H23FN2O4. The van der Waals surface area contributed by atoms with Crippen LogP contribution in [-0.4, -0.2) is 67.2 Å². The van der Waals surface area contributed by atoms with E-state index in [-0.39, 0.29) is 37.2 Å². The molecule has 2 aliphatic rings. The van der Waals surface area contributed by atoms with Gasteiger partial charge in [0.15, 0.2) is 0 Å². The van der Waals surface area contributed by atoms with Crippen molar-refractivity contribution in [3.63, 3.8) is 0 Å². The molecule has 1 aromatic rings. The molecule has 0 aliphatic carbocycles. The third-order valence-electron chi connectivity index (χ3n) is 4.53. The molecule has 1 aromatic carbocycles. The summed E-state index contributed by atoms with van der Waals surface area (Å²) in [5, 5.41) is 0. The summed E-state index contributed by atoms with van der Waals surface area (Å²) in [4.78, 5) is 29.1. The van der Waals surface area contributed by atoms with Crippen molar-refractivity contribution in [3.8, 4) is 0 Å². The van der Waals surface area contributed by atoms with Crippen LogP contribution in [0.15, 0.2) is 30.0 Å². The smallest absolute Gasteiger partial charge is 0.277 e. The maximum atomic E-state index is 13.3. The Morgan fingerprint density at radius 2 is 1.73 bits per heavy atom. The lowest BCUT2D eigenvalue weighted by molar-refractivity contribution is -0.139. The van der Waals surface area contributed by atoms with Crippen LogP contribution in [0.2, 0.25) is 0 Å². The molecule has 0 saturated carbocycles. The zero-order chi connectivity index (χ0) is 18.8. The van der Waals surface area contributed by atoms with Crippen LogP contribution in [0.4, 0.5) is 4.39 Å². The zero-order valence-electron chi connectivity index (χ0n) is 15.2. The predicted molar refractivity (Wildman–Crippen MR) is 93.5 cm³/mol. The lowest BCUT2D eigenvalue weighted by Crippen LogP contribution is -2.47. The number of ether oxygens (including phenoxy) is 2. The third kappa shape index (κ3) is 3.50. The van der Waals surface area contributed by atoms with E-state index in [1.54, 1.807) is 0 Å². The van der Waals surface area contributed by atoms with Crippen molar-refractivity contribution in [2.45, 2.75) is 26.1 Å². The van der Waals surface area contributed by atoms with Gasteiger partial charge in [-0.3, -0.25) is 14.5 Å². The van der Waals surface area contributed by atoms with Crippen LogP contribution in [-0.2, 0) is 19.1 Å². The third-order valence-corrected chi connectivity index (χ3v) is 4.53. The molecule has 140 valence electrons. The van der Waals surface area contributed by atoms with Crippen molar-refractivity contribution < 1.29 is 23.5 Å². The van der Waals surface area contributed by atoms with E-state index in [0.29, 0.717) is 29.9 Å². The topological polar surface area (TPSA) is 59.1 Å². The predicted octanol–water partition coefficient (Wildman–Crippen LogP) is 1.66. The number of morpholine rings is 1. The van der Waals surface area contributed by atoms with E-state index in [1.807, 2.05) is 18.7 Å². The molecule has 1 saturated heterocycles. The van der Waals surface area contributed by atoms with Gasteiger partial charge in [-0.05, 0) is 31.5 Å². The summed E-state index contributed by atoms with van der Waals surface area (Å²) in [7, 11) is 1.52. The quantitative estimate of drug-likeness (QED) is 0.746. The number of rotatable bonds is 5. The normalized spacial score (nSPS) is 24.0. The molecule has 2 heterocycles. The van der Waals surface area contributed by atoms with Crippen molar-refractivity contribution >= 4 is 17.4 Å². The molecule has 7 heteroatoms.